The fourth-order valence-corrected chi connectivity index (χ4v) is 2.33. The van der Waals surface area contributed by atoms with E-state index in [2.05, 4.69) is 20.4 Å². The minimum atomic E-state index is 0.148. The number of amidine groups is 2. The van der Waals surface area contributed by atoms with Gasteiger partial charge in [-0.25, -0.2) is 11.1 Å². The first-order valence-corrected chi connectivity index (χ1v) is 6.13. The molecule has 0 bridgehead atoms. The molecule has 0 aliphatic rings. The Kier molecular flexibility index (Phi) is 5.80. The van der Waals surface area contributed by atoms with E-state index in [1.165, 1.54) is 0 Å². The van der Waals surface area contributed by atoms with Crippen LogP contribution in [0.4, 0.5) is 0 Å². The van der Waals surface area contributed by atoms with E-state index in [-0.39, 0.29) is 10.3 Å². The molecule has 0 saturated heterocycles. The molecule has 18 heavy (non-hydrogen) atoms. The van der Waals surface area contributed by atoms with Crippen LogP contribution in [0.25, 0.3) is 0 Å². The second-order valence-corrected chi connectivity index (χ2v) is 4.81. The Morgan fingerprint density at radius 3 is 1.72 bits per heavy atom. The van der Waals surface area contributed by atoms with Gasteiger partial charge in [0.15, 0.2) is 0 Å². The van der Waals surface area contributed by atoms with Crippen molar-refractivity contribution >= 4 is 33.9 Å². The van der Waals surface area contributed by atoms with Crippen molar-refractivity contribution in [3.05, 3.63) is 24.3 Å². The maximum Gasteiger partial charge on any atom is 0.230 e. The Hall–Kier alpha value is -1.94. The van der Waals surface area contributed by atoms with E-state index in [0.717, 1.165) is 33.3 Å². The van der Waals surface area contributed by atoms with E-state index < -0.39 is 0 Å². The second kappa shape index (κ2) is 7.40. The SMILES string of the molecule is N=NC(=NN)Sc1cccc(SC(N=N)=NN)c1. The lowest BCUT2D eigenvalue weighted by molar-refractivity contribution is 1.16. The molecular weight excluding hydrogens is 272 g/mol. The predicted octanol–water partition coefficient (Wildman–Crippen LogP) is 2.39. The van der Waals surface area contributed by atoms with Crippen molar-refractivity contribution < 1.29 is 0 Å². The fraction of sp³-hybridized carbons (Fsp3) is 0. The number of nitrogens with two attached hydrogens (primary N) is 2. The van der Waals surface area contributed by atoms with E-state index in [0.29, 0.717) is 0 Å². The van der Waals surface area contributed by atoms with Gasteiger partial charge < -0.3 is 11.7 Å². The number of thioether (sulfide) groups is 2. The molecule has 1 aromatic carbocycles. The predicted molar refractivity (Wildman–Crippen MR) is 71.7 cm³/mol. The van der Waals surface area contributed by atoms with Crippen LogP contribution in [0.5, 0.6) is 0 Å². The third-order valence-corrected chi connectivity index (χ3v) is 3.37. The lowest BCUT2D eigenvalue weighted by Crippen LogP contribution is -1.93. The Balaban J connectivity index is 2.85. The van der Waals surface area contributed by atoms with Crippen LogP contribution in [-0.2, 0) is 0 Å². The standard InChI is InChI=1S/C8H10N8S2/c9-13-7(14-10)17-5-2-1-3-6(4-5)18-8(15-11)16-12/h1-4,9,11H,10,12H2. The summed E-state index contributed by atoms with van der Waals surface area (Å²) in [5, 5.41) is 13.3. The summed E-state index contributed by atoms with van der Waals surface area (Å²) < 4.78 is 0. The van der Waals surface area contributed by atoms with Gasteiger partial charge in [-0.3, -0.25) is 0 Å². The summed E-state index contributed by atoms with van der Waals surface area (Å²) in [6, 6.07) is 7.26. The average Bonchev–Trinajstić information content (AvgIpc) is 2.42. The van der Waals surface area contributed by atoms with Gasteiger partial charge in [0.2, 0.25) is 10.3 Å². The van der Waals surface area contributed by atoms with E-state index in [1.807, 2.05) is 18.2 Å². The normalized spacial score (nSPS) is 12.2. The molecule has 0 aromatic heterocycles. The maximum absolute atomic E-state index is 6.85. The molecule has 10 heteroatoms. The average molecular weight is 282 g/mol. The van der Waals surface area contributed by atoms with Crippen molar-refractivity contribution in [1.29, 1.82) is 11.1 Å². The second-order valence-electron chi connectivity index (χ2n) is 2.73. The summed E-state index contributed by atoms with van der Waals surface area (Å²) in [7, 11) is 0. The molecule has 0 amide bonds. The van der Waals surface area contributed by atoms with E-state index >= 15 is 0 Å². The Morgan fingerprint density at radius 1 is 0.944 bits per heavy atom. The fourth-order valence-electron chi connectivity index (χ4n) is 0.968. The summed E-state index contributed by atoms with van der Waals surface area (Å²) in [4.78, 5) is 1.61. The third-order valence-electron chi connectivity index (χ3n) is 1.64. The van der Waals surface area contributed by atoms with Gasteiger partial charge in [0, 0.05) is 9.79 Å². The molecule has 0 aliphatic heterocycles. The van der Waals surface area contributed by atoms with Crippen LogP contribution < -0.4 is 11.7 Å². The van der Waals surface area contributed by atoms with Crippen LogP contribution in [0.2, 0.25) is 0 Å². The largest absolute Gasteiger partial charge is 0.321 e. The van der Waals surface area contributed by atoms with Crippen LogP contribution >= 0.6 is 23.5 Å². The van der Waals surface area contributed by atoms with Crippen LogP contribution in [0, 0.1) is 11.1 Å². The Morgan fingerprint density at radius 2 is 1.39 bits per heavy atom. The van der Waals surface area contributed by atoms with Crippen LogP contribution in [-0.4, -0.2) is 10.3 Å². The van der Waals surface area contributed by atoms with E-state index in [9.17, 15) is 0 Å². The molecule has 8 nitrogen and oxygen atoms in total. The summed E-state index contributed by atoms with van der Waals surface area (Å²) in [5.41, 5.74) is 13.7. The summed E-state index contributed by atoms with van der Waals surface area (Å²) in [6.07, 6.45) is 0. The van der Waals surface area contributed by atoms with Gasteiger partial charge in [0.25, 0.3) is 0 Å². The molecule has 0 aliphatic carbocycles. The number of nitrogens with one attached hydrogen (secondary N) is 2. The van der Waals surface area contributed by atoms with Crippen LogP contribution in [0.1, 0.15) is 0 Å². The minimum Gasteiger partial charge on any atom is -0.321 e. The highest BCUT2D eigenvalue weighted by molar-refractivity contribution is 8.14. The van der Waals surface area contributed by atoms with Crippen LogP contribution in [0.15, 0.2) is 54.5 Å². The smallest absolute Gasteiger partial charge is 0.230 e. The van der Waals surface area contributed by atoms with E-state index in [4.69, 9.17) is 22.7 Å². The quantitative estimate of drug-likeness (QED) is 0.164. The Labute approximate surface area is 111 Å². The molecule has 0 saturated carbocycles. The molecule has 0 unspecified atom stereocenters. The van der Waals surface area contributed by atoms with Gasteiger partial charge in [-0.2, -0.15) is 10.2 Å². The summed E-state index contributed by atoms with van der Waals surface area (Å²) in [5.74, 6) is 10.1. The molecule has 94 valence electrons. The maximum atomic E-state index is 6.85. The monoisotopic (exact) mass is 282 g/mol. The highest BCUT2D eigenvalue weighted by Crippen LogP contribution is 2.27. The molecule has 0 radical (unpaired) electrons. The molecule has 0 atom stereocenters. The molecule has 0 fully saturated rings. The van der Waals surface area contributed by atoms with Gasteiger partial charge in [-0.05, 0) is 41.7 Å². The van der Waals surface area contributed by atoms with Gasteiger partial charge in [-0.15, -0.1) is 10.2 Å². The van der Waals surface area contributed by atoms with Crippen molar-refractivity contribution in [3.63, 3.8) is 0 Å². The highest BCUT2D eigenvalue weighted by atomic mass is 32.2. The summed E-state index contributed by atoms with van der Waals surface area (Å²) >= 11 is 2.31. The number of rotatable bonds is 2. The van der Waals surface area contributed by atoms with Gasteiger partial charge in [-0.1, -0.05) is 6.07 Å². The van der Waals surface area contributed by atoms with Gasteiger partial charge in [0.05, 0.1) is 0 Å². The highest BCUT2D eigenvalue weighted by Gasteiger charge is 2.05. The first-order chi connectivity index (χ1) is 8.73. The first-order valence-electron chi connectivity index (χ1n) is 4.50. The first kappa shape index (κ1) is 14.1. The summed E-state index contributed by atoms with van der Waals surface area (Å²) in [6.45, 7) is 0. The van der Waals surface area contributed by atoms with Gasteiger partial charge >= 0.3 is 0 Å². The molecule has 0 heterocycles. The number of benzene rings is 1. The number of hydrogen-bond acceptors (Lipinski definition) is 8. The van der Waals surface area contributed by atoms with Crippen molar-refractivity contribution in [2.24, 2.45) is 32.1 Å². The molecule has 6 N–H and O–H groups in total. The topological polar surface area (TPSA) is 149 Å². The Bertz CT molecular complexity index is 456. The lowest BCUT2D eigenvalue weighted by atomic mass is 10.4. The zero-order valence-electron chi connectivity index (χ0n) is 9.07. The molecular formula is C8H10N8S2. The number of nitrogens with zero attached hydrogens (tertiary/aromatic N) is 4. The molecule has 1 rings (SSSR count). The zero-order valence-corrected chi connectivity index (χ0v) is 10.7. The zero-order chi connectivity index (χ0) is 13.4. The minimum absolute atomic E-state index is 0.148. The van der Waals surface area contributed by atoms with Crippen molar-refractivity contribution in [1.82, 2.24) is 0 Å². The van der Waals surface area contributed by atoms with Crippen molar-refractivity contribution in [3.8, 4) is 0 Å². The molecule has 1 aromatic rings. The molecule has 0 spiro atoms. The van der Waals surface area contributed by atoms with Crippen LogP contribution in [0.3, 0.4) is 0 Å². The number of hydrazone groups is 2. The van der Waals surface area contributed by atoms with Crippen molar-refractivity contribution in [2.45, 2.75) is 9.79 Å². The van der Waals surface area contributed by atoms with Crippen molar-refractivity contribution in [2.75, 3.05) is 0 Å². The lowest BCUT2D eigenvalue weighted by Gasteiger charge is -2.02. The van der Waals surface area contributed by atoms with Gasteiger partial charge in [0.1, 0.15) is 0 Å². The number of hydrogen-bond donors (Lipinski definition) is 4. The van der Waals surface area contributed by atoms with E-state index in [1.54, 1.807) is 6.07 Å². The third kappa shape index (κ3) is 4.14.